The maximum absolute atomic E-state index is 14.1. The van der Waals surface area contributed by atoms with Gasteiger partial charge in [-0.15, -0.1) is 0 Å². The number of thiazole rings is 1. The summed E-state index contributed by atoms with van der Waals surface area (Å²) in [5.74, 6) is 0.751. The van der Waals surface area contributed by atoms with Crippen molar-refractivity contribution < 1.29 is 19.0 Å². The van der Waals surface area contributed by atoms with Crippen LogP contribution in [0.1, 0.15) is 35.2 Å². The van der Waals surface area contributed by atoms with Crippen molar-refractivity contribution in [2.24, 2.45) is 4.99 Å². The van der Waals surface area contributed by atoms with Gasteiger partial charge in [-0.1, -0.05) is 95.7 Å². The molecule has 0 bridgehead atoms. The van der Waals surface area contributed by atoms with E-state index in [4.69, 9.17) is 30.8 Å². The van der Waals surface area contributed by atoms with Crippen molar-refractivity contribution in [3.8, 4) is 11.5 Å². The van der Waals surface area contributed by atoms with E-state index in [2.05, 4.69) is 0 Å². The van der Waals surface area contributed by atoms with Crippen LogP contribution >= 0.6 is 22.9 Å². The highest BCUT2D eigenvalue weighted by Gasteiger charge is 2.35. The third-order valence-corrected chi connectivity index (χ3v) is 8.66. The number of benzene rings is 4. The average Bonchev–Trinajstić information content (AvgIpc) is 3.38. The number of nitrogens with zero attached hydrogens (tertiary/aromatic N) is 2. The molecule has 0 amide bonds. The summed E-state index contributed by atoms with van der Waals surface area (Å²) in [4.78, 5) is 33.1. The Bertz CT molecular complexity index is 2070. The predicted octanol–water partition coefficient (Wildman–Crippen LogP) is 6.18. The molecule has 1 aromatic heterocycles. The summed E-state index contributed by atoms with van der Waals surface area (Å²) in [5, 5.41) is 0.651. The molecule has 2 heterocycles. The molecule has 45 heavy (non-hydrogen) atoms. The molecule has 1 atom stereocenters. The van der Waals surface area contributed by atoms with Gasteiger partial charge in [-0.05, 0) is 54.5 Å². The minimum atomic E-state index is -0.784. The van der Waals surface area contributed by atoms with Gasteiger partial charge in [0.15, 0.2) is 4.80 Å². The first kappa shape index (κ1) is 30.1. The lowest BCUT2D eigenvalue weighted by atomic mass is 9.93. The predicted molar refractivity (Wildman–Crippen MR) is 176 cm³/mol. The standard InChI is InChI=1S/C36H29ClN2O5S/c1-3-43-35(41)31-32(24-10-5-4-6-11-24)38-36-39(33(31)25-13-9-14-28(21-25)42-2)34(40)30(45-36)20-23-16-18-27(19-17-23)44-22-26-12-7-8-15-29(26)37/h4-21,33H,3,22H2,1-2H3/b30-20-/t33-/m0/s1. The van der Waals surface area contributed by atoms with Gasteiger partial charge in [-0.25, -0.2) is 9.79 Å². The van der Waals surface area contributed by atoms with Crippen LogP contribution < -0.4 is 24.4 Å². The lowest BCUT2D eigenvalue weighted by Gasteiger charge is -2.26. The monoisotopic (exact) mass is 636 g/mol. The molecule has 6 rings (SSSR count). The Morgan fingerprint density at radius 3 is 2.44 bits per heavy atom. The van der Waals surface area contributed by atoms with E-state index in [9.17, 15) is 9.59 Å². The molecule has 5 aromatic rings. The quantitative estimate of drug-likeness (QED) is 0.181. The number of esters is 1. The molecular weight excluding hydrogens is 608 g/mol. The smallest absolute Gasteiger partial charge is 0.338 e. The van der Waals surface area contributed by atoms with Gasteiger partial charge in [-0.2, -0.15) is 0 Å². The summed E-state index contributed by atoms with van der Waals surface area (Å²) in [7, 11) is 1.58. The number of hydrogen-bond donors (Lipinski definition) is 0. The van der Waals surface area contributed by atoms with Crippen LogP contribution in [-0.2, 0) is 16.1 Å². The summed E-state index contributed by atoms with van der Waals surface area (Å²) >= 11 is 7.52. The number of ether oxygens (including phenoxy) is 3. The number of halogens is 1. The molecule has 0 fully saturated rings. The minimum Gasteiger partial charge on any atom is -0.497 e. The van der Waals surface area contributed by atoms with Crippen LogP contribution in [0.4, 0.5) is 0 Å². The average molecular weight is 637 g/mol. The Hall–Kier alpha value is -4.92. The minimum absolute atomic E-state index is 0.178. The molecule has 9 heteroatoms. The zero-order valence-corrected chi connectivity index (χ0v) is 26.2. The highest BCUT2D eigenvalue weighted by molar-refractivity contribution is 7.07. The lowest BCUT2D eigenvalue weighted by Crippen LogP contribution is -2.40. The summed E-state index contributed by atoms with van der Waals surface area (Å²) in [5.41, 5.74) is 3.65. The number of carbonyl (C=O) groups excluding carboxylic acids is 1. The summed E-state index contributed by atoms with van der Waals surface area (Å²) in [6, 6.07) is 31.1. The SMILES string of the molecule is CCOC(=O)C1=C(c2ccccc2)N=c2s/c(=C\c3ccc(OCc4ccccc4Cl)cc3)c(=O)n2[C@H]1c1cccc(OC)c1. The summed E-state index contributed by atoms with van der Waals surface area (Å²) in [6.07, 6.45) is 1.82. The van der Waals surface area contributed by atoms with Crippen LogP contribution in [0.15, 0.2) is 118 Å². The van der Waals surface area contributed by atoms with E-state index in [1.54, 1.807) is 18.6 Å². The molecule has 0 saturated heterocycles. The van der Waals surface area contributed by atoms with Crippen LogP contribution in [0, 0.1) is 0 Å². The van der Waals surface area contributed by atoms with E-state index in [0.29, 0.717) is 43.7 Å². The van der Waals surface area contributed by atoms with Gasteiger partial charge in [-0.3, -0.25) is 9.36 Å². The molecule has 0 spiro atoms. The van der Waals surface area contributed by atoms with Crippen molar-refractivity contribution >= 4 is 40.7 Å². The molecule has 7 nitrogen and oxygen atoms in total. The first-order valence-electron chi connectivity index (χ1n) is 14.4. The van der Waals surface area contributed by atoms with E-state index in [0.717, 1.165) is 16.7 Å². The Morgan fingerprint density at radius 2 is 1.71 bits per heavy atom. The fourth-order valence-electron chi connectivity index (χ4n) is 5.16. The summed E-state index contributed by atoms with van der Waals surface area (Å²) in [6.45, 7) is 2.27. The van der Waals surface area contributed by atoms with Gasteiger partial charge in [0.1, 0.15) is 18.1 Å². The normalized spacial score (nSPS) is 14.5. The molecule has 226 valence electrons. The van der Waals surface area contributed by atoms with Crippen molar-refractivity contribution in [1.29, 1.82) is 0 Å². The van der Waals surface area contributed by atoms with Crippen LogP contribution in [0.2, 0.25) is 5.02 Å². The highest BCUT2D eigenvalue weighted by Crippen LogP contribution is 2.36. The second-order valence-corrected chi connectivity index (χ2v) is 11.6. The first-order valence-corrected chi connectivity index (χ1v) is 15.5. The maximum Gasteiger partial charge on any atom is 0.338 e. The Labute approximate surface area is 268 Å². The maximum atomic E-state index is 14.1. The molecule has 0 radical (unpaired) electrons. The third kappa shape index (κ3) is 6.34. The van der Waals surface area contributed by atoms with Gasteiger partial charge in [0.2, 0.25) is 0 Å². The number of rotatable bonds is 9. The number of aromatic nitrogens is 1. The largest absolute Gasteiger partial charge is 0.497 e. The van der Waals surface area contributed by atoms with E-state index < -0.39 is 12.0 Å². The lowest BCUT2D eigenvalue weighted by molar-refractivity contribution is -0.138. The number of methoxy groups -OCH3 is 1. The van der Waals surface area contributed by atoms with Crippen LogP contribution in [0.5, 0.6) is 11.5 Å². The van der Waals surface area contributed by atoms with Crippen LogP contribution in [0.3, 0.4) is 0 Å². The fourth-order valence-corrected chi connectivity index (χ4v) is 6.35. The van der Waals surface area contributed by atoms with Gasteiger partial charge in [0.05, 0.1) is 35.6 Å². The van der Waals surface area contributed by atoms with Gasteiger partial charge in [0.25, 0.3) is 5.56 Å². The molecule has 1 aliphatic rings. The van der Waals surface area contributed by atoms with Gasteiger partial charge in [0, 0.05) is 16.1 Å². The topological polar surface area (TPSA) is 79.1 Å². The number of fused-ring (bicyclic) bond motifs is 1. The van der Waals surface area contributed by atoms with Gasteiger partial charge < -0.3 is 14.2 Å². The zero-order valence-electron chi connectivity index (χ0n) is 24.6. The molecule has 0 aliphatic carbocycles. The molecule has 1 aliphatic heterocycles. The molecule has 0 saturated carbocycles. The van der Waals surface area contributed by atoms with Crippen molar-refractivity contribution in [3.05, 3.63) is 156 Å². The number of hydrogen-bond acceptors (Lipinski definition) is 7. The van der Waals surface area contributed by atoms with Crippen molar-refractivity contribution in [1.82, 2.24) is 4.57 Å². The van der Waals surface area contributed by atoms with Crippen molar-refractivity contribution in [3.63, 3.8) is 0 Å². The Morgan fingerprint density at radius 1 is 0.956 bits per heavy atom. The molecule has 4 aromatic carbocycles. The second kappa shape index (κ2) is 13.4. The van der Waals surface area contributed by atoms with E-state index in [1.807, 2.05) is 109 Å². The second-order valence-electron chi connectivity index (χ2n) is 10.2. The van der Waals surface area contributed by atoms with Crippen LogP contribution in [0.25, 0.3) is 11.8 Å². The fraction of sp³-hybridized carbons (Fsp3) is 0.139. The molecule has 0 N–H and O–H groups in total. The summed E-state index contributed by atoms with van der Waals surface area (Å²) < 4.78 is 19.0. The van der Waals surface area contributed by atoms with Crippen LogP contribution in [-0.4, -0.2) is 24.3 Å². The highest BCUT2D eigenvalue weighted by atomic mass is 35.5. The zero-order chi connectivity index (χ0) is 31.3. The molecule has 0 unspecified atom stereocenters. The van der Waals surface area contributed by atoms with E-state index in [1.165, 1.54) is 11.3 Å². The van der Waals surface area contributed by atoms with Crippen molar-refractivity contribution in [2.45, 2.75) is 19.6 Å². The van der Waals surface area contributed by atoms with E-state index in [-0.39, 0.29) is 17.7 Å². The number of carbonyl (C=O) groups is 1. The van der Waals surface area contributed by atoms with E-state index >= 15 is 0 Å². The molecular formula is C36H29ClN2O5S. The van der Waals surface area contributed by atoms with Gasteiger partial charge >= 0.3 is 5.97 Å². The Kier molecular flexibility index (Phi) is 8.96. The Balaban J connectivity index is 1.45. The first-order chi connectivity index (χ1) is 22.0. The third-order valence-electron chi connectivity index (χ3n) is 7.31. The van der Waals surface area contributed by atoms with Crippen molar-refractivity contribution in [2.75, 3.05) is 13.7 Å².